The summed E-state index contributed by atoms with van der Waals surface area (Å²) in [5.41, 5.74) is 1.51. The van der Waals surface area contributed by atoms with E-state index in [4.69, 9.17) is 0 Å². The Morgan fingerprint density at radius 1 is 1.08 bits per heavy atom. The molecule has 0 aliphatic rings. The van der Waals surface area contributed by atoms with Crippen LogP contribution < -0.4 is 10.2 Å². The zero-order valence-electron chi connectivity index (χ0n) is 14.5. The van der Waals surface area contributed by atoms with Gasteiger partial charge in [0, 0.05) is 20.0 Å². The lowest BCUT2D eigenvalue weighted by Gasteiger charge is -2.22. The van der Waals surface area contributed by atoms with E-state index >= 15 is 0 Å². The average Bonchev–Trinajstić information content (AvgIpc) is 2.57. The van der Waals surface area contributed by atoms with Gasteiger partial charge < -0.3 is 10.2 Å². The maximum Gasteiger partial charge on any atom is 0.224 e. The highest BCUT2D eigenvalue weighted by atomic mass is 19.2. The van der Waals surface area contributed by atoms with Crippen LogP contribution in [0.3, 0.4) is 0 Å². The molecule has 0 saturated carbocycles. The molecule has 2 rings (SSSR count). The van der Waals surface area contributed by atoms with E-state index in [-0.39, 0.29) is 31.1 Å². The zero-order valence-corrected chi connectivity index (χ0v) is 14.5. The van der Waals surface area contributed by atoms with Crippen LogP contribution in [0.4, 0.5) is 18.9 Å². The molecule has 0 aliphatic heterocycles. The van der Waals surface area contributed by atoms with Gasteiger partial charge in [0.1, 0.15) is 0 Å². The van der Waals surface area contributed by atoms with Crippen LogP contribution >= 0.6 is 0 Å². The van der Waals surface area contributed by atoms with E-state index < -0.39 is 23.4 Å². The lowest BCUT2D eigenvalue weighted by Crippen LogP contribution is -2.38. The molecule has 0 aliphatic carbocycles. The van der Waals surface area contributed by atoms with Gasteiger partial charge in [0.25, 0.3) is 0 Å². The summed E-state index contributed by atoms with van der Waals surface area (Å²) in [7, 11) is 0. The Bertz CT molecular complexity index is 824. The summed E-state index contributed by atoms with van der Waals surface area (Å²) in [5, 5.41) is 2.63. The zero-order chi connectivity index (χ0) is 19.3. The number of nitrogens with zero attached hydrogens (tertiary/aromatic N) is 1. The first-order valence-electron chi connectivity index (χ1n) is 8.03. The third kappa shape index (κ3) is 4.84. The number of nitrogens with one attached hydrogen (secondary N) is 1. The molecule has 2 aromatic rings. The topological polar surface area (TPSA) is 49.4 Å². The molecule has 2 amide bonds. The van der Waals surface area contributed by atoms with Crippen molar-refractivity contribution >= 4 is 17.5 Å². The quantitative estimate of drug-likeness (QED) is 0.801. The first-order chi connectivity index (χ1) is 12.3. The Balaban J connectivity index is 1.98. The van der Waals surface area contributed by atoms with Gasteiger partial charge in [0.2, 0.25) is 11.8 Å². The maximum absolute atomic E-state index is 13.9. The van der Waals surface area contributed by atoms with Gasteiger partial charge >= 0.3 is 0 Å². The van der Waals surface area contributed by atoms with Crippen molar-refractivity contribution in [3.05, 3.63) is 65.0 Å². The summed E-state index contributed by atoms with van der Waals surface area (Å²) < 4.78 is 40.3. The second-order valence-electron chi connectivity index (χ2n) is 5.88. The molecule has 1 N–H and O–H groups in total. The number of benzene rings is 2. The molecule has 2 aromatic carbocycles. The van der Waals surface area contributed by atoms with Crippen LogP contribution in [0.2, 0.25) is 0 Å². The largest absolute Gasteiger partial charge is 0.354 e. The minimum absolute atomic E-state index is 0.0443. The molecular formula is C19H19F3N2O2. The van der Waals surface area contributed by atoms with Gasteiger partial charge in [-0.25, -0.2) is 13.2 Å². The summed E-state index contributed by atoms with van der Waals surface area (Å²) in [6.07, 6.45) is 0.168. The maximum atomic E-state index is 13.9. The minimum Gasteiger partial charge on any atom is -0.354 e. The van der Waals surface area contributed by atoms with Crippen molar-refractivity contribution in [2.24, 2.45) is 0 Å². The molecule has 0 bridgehead atoms. The summed E-state index contributed by atoms with van der Waals surface area (Å²) in [6.45, 7) is 3.07. The SMILES string of the molecule is CC(=O)N(CCNC(=O)Cc1cccc(C)c1)c1ccc(F)c(F)c1F. The van der Waals surface area contributed by atoms with Crippen molar-refractivity contribution in [1.29, 1.82) is 0 Å². The van der Waals surface area contributed by atoms with Crippen molar-refractivity contribution in [2.45, 2.75) is 20.3 Å². The Morgan fingerprint density at radius 3 is 2.46 bits per heavy atom. The van der Waals surface area contributed by atoms with E-state index in [0.717, 1.165) is 28.2 Å². The van der Waals surface area contributed by atoms with Gasteiger partial charge in [-0.3, -0.25) is 9.59 Å². The van der Waals surface area contributed by atoms with Crippen LogP contribution in [-0.4, -0.2) is 24.9 Å². The van der Waals surface area contributed by atoms with Crippen molar-refractivity contribution in [3.63, 3.8) is 0 Å². The number of aryl methyl sites for hydroxylation is 1. The van der Waals surface area contributed by atoms with E-state index in [9.17, 15) is 22.8 Å². The Labute approximate surface area is 149 Å². The highest BCUT2D eigenvalue weighted by Crippen LogP contribution is 2.23. The van der Waals surface area contributed by atoms with Crippen LogP contribution in [0.15, 0.2) is 36.4 Å². The summed E-state index contributed by atoms with van der Waals surface area (Å²) in [5.74, 6) is -5.22. The lowest BCUT2D eigenvalue weighted by atomic mass is 10.1. The first-order valence-corrected chi connectivity index (χ1v) is 8.03. The van der Waals surface area contributed by atoms with Gasteiger partial charge in [0.15, 0.2) is 17.5 Å². The summed E-state index contributed by atoms with van der Waals surface area (Å²) in [4.78, 5) is 24.7. The minimum atomic E-state index is -1.64. The molecule has 0 saturated heterocycles. The summed E-state index contributed by atoms with van der Waals surface area (Å²) in [6, 6.07) is 9.22. The van der Waals surface area contributed by atoms with Crippen LogP contribution in [0.25, 0.3) is 0 Å². The van der Waals surface area contributed by atoms with E-state index in [1.54, 1.807) is 0 Å². The molecule has 0 aromatic heterocycles. The van der Waals surface area contributed by atoms with Gasteiger partial charge in [-0.1, -0.05) is 29.8 Å². The monoisotopic (exact) mass is 364 g/mol. The van der Waals surface area contributed by atoms with Gasteiger partial charge in [-0.2, -0.15) is 0 Å². The van der Waals surface area contributed by atoms with Crippen molar-refractivity contribution in [3.8, 4) is 0 Å². The van der Waals surface area contributed by atoms with Gasteiger partial charge in [0.05, 0.1) is 12.1 Å². The molecule has 0 spiro atoms. The molecule has 0 radical (unpaired) electrons. The predicted molar refractivity (Wildman–Crippen MR) is 92.2 cm³/mol. The number of carbonyl (C=O) groups is 2. The number of hydrogen-bond acceptors (Lipinski definition) is 2. The molecule has 0 heterocycles. The molecule has 7 heteroatoms. The molecule has 0 atom stereocenters. The van der Waals surface area contributed by atoms with Crippen LogP contribution in [-0.2, 0) is 16.0 Å². The van der Waals surface area contributed by atoms with Gasteiger partial charge in [-0.05, 0) is 24.6 Å². The number of hydrogen-bond donors (Lipinski definition) is 1. The fraction of sp³-hybridized carbons (Fsp3) is 0.263. The van der Waals surface area contributed by atoms with Crippen LogP contribution in [0.1, 0.15) is 18.1 Å². The Hall–Kier alpha value is -2.83. The Kier molecular flexibility index (Phi) is 6.38. The number of carbonyl (C=O) groups excluding carboxylic acids is 2. The van der Waals surface area contributed by atoms with E-state index in [0.29, 0.717) is 0 Å². The highest BCUT2D eigenvalue weighted by Gasteiger charge is 2.21. The number of amides is 2. The van der Waals surface area contributed by atoms with E-state index in [1.807, 2.05) is 31.2 Å². The van der Waals surface area contributed by atoms with Crippen LogP contribution in [0.5, 0.6) is 0 Å². The molecule has 26 heavy (non-hydrogen) atoms. The van der Waals surface area contributed by atoms with Crippen LogP contribution in [0, 0.1) is 24.4 Å². The number of anilines is 1. The third-order valence-electron chi connectivity index (χ3n) is 3.79. The third-order valence-corrected chi connectivity index (χ3v) is 3.79. The van der Waals surface area contributed by atoms with E-state index in [1.165, 1.54) is 6.92 Å². The molecule has 138 valence electrons. The fourth-order valence-corrected chi connectivity index (χ4v) is 2.55. The van der Waals surface area contributed by atoms with E-state index in [2.05, 4.69) is 5.32 Å². The average molecular weight is 364 g/mol. The second-order valence-corrected chi connectivity index (χ2v) is 5.88. The molecule has 4 nitrogen and oxygen atoms in total. The highest BCUT2D eigenvalue weighted by molar-refractivity contribution is 5.91. The standard InChI is InChI=1S/C19H19F3N2O2/c1-12-4-3-5-14(10-12)11-17(26)23-8-9-24(13(2)25)16-7-6-15(20)18(21)19(16)22/h3-7,10H,8-9,11H2,1-2H3,(H,23,26). The molecule has 0 unspecified atom stereocenters. The Morgan fingerprint density at radius 2 is 1.81 bits per heavy atom. The predicted octanol–water partition coefficient (Wildman–Crippen LogP) is 3.12. The van der Waals surface area contributed by atoms with Crippen molar-refractivity contribution in [1.82, 2.24) is 5.32 Å². The summed E-state index contributed by atoms with van der Waals surface area (Å²) >= 11 is 0. The normalized spacial score (nSPS) is 10.5. The number of rotatable bonds is 6. The van der Waals surface area contributed by atoms with Crippen molar-refractivity contribution < 1.29 is 22.8 Å². The molecular weight excluding hydrogens is 345 g/mol. The first kappa shape index (κ1) is 19.5. The lowest BCUT2D eigenvalue weighted by molar-refractivity contribution is -0.121. The fourth-order valence-electron chi connectivity index (χ4n) is 2.55. The van der Waals surface area contributed by atoms with Gasteiger partial charge in [-0.15, -0.1) is 0 Å². The van der Waals surface area contributed by atoms with Crippen molar-refractivity contribution in [2.75, 3.05) is 18.0 Å². The molecule has 0 fully saturated rings. The smallest absolute Gasteiger partial charge is 0.224 e. The number of halogens is 3. The second kappa shape index (κ2) is 8.51.